The van der Waals surface area contributed by atoms with Crippen LogP contribution >= 0.6 is 0 Å². The Bertz CT molecular complexity index is 1070. The van der Waals surface area contributed by atoms with Crippen molar-refractivity contribution in [1.29, 1.82) is 0 Å². The highest BCUT2D eigenvalue weighted by atomic mass is 16.5. The van der Waals surface area contributed by atoms with E-state index >= 15 is 0 Å². The number of ether oxygens (including phenoxy) is 1. The quantitative estimate of drug-likeness (QED) is 0.672. The van der Waals surface area contributed by atoms with Gasteiger partial charge in [-0.15, -0.1) is 0 Å². The molecule has 8 nitrogen and oxygen atoms in total. The average molecular weight is 342 g/mol. The van der Waals surface area contributed by atoms with Gasteiger partial charge < -0.3 is 4.74 Å². The SMILES string of the molecule is CC(C)n1c(Oc2ccc(C=O)cc2)nc2c1c(=O)n(C)c(=O)n2C. The minimum Gasteiger partial charge on any atom is -0.425 e. The molecule has 25 heavy (non-hydrogen) atoms. The summed E-state index contributed by atoms with van der Waals surface area (Å²) in [6.07, 6.45) is 0.743. The molecule has 0 saturated carbocycles. The lowest BCUT2D eigenvalue weighted by molar-refractivity contribution is 0.112. The van der Waals surface area contributed by atoms with Gasteiger partial charge in [-0.1, -0.05) is 0 Å². The largest absolute Gasteiger partial charge is 0.425 e. The molecule has 3 rings (SSSR count). The molecule has 2 heterocycles. The van der Waals surface area contributed by atoms with Crippen molar-refractivity contribution < 1.29 is 9.53 Å². The van der Waals surface area contributed by atoms with E-state index in [-0.39, 0.29) is 17.7 Å². The normalized spacial score (nSPS) is 11.2. The second-order valence-corrected chi connectivity index (χ2v) is 6.03. The van der Waals surface area contributed by atoms with E-state index in [2.05, 4.69) is 4.98 Å². The number of aryl methyl sites for hydroxylation is 1. The average Bonchev–Trinajstić information content (AvgIpc) is 2.98. The Labute approximate surface area is 142 Å². The van der Waals surface area contributed by atoms with Crippen molar-refractivity contribution >= 4 is 17.5 Å². The minimum absolute atomic E-state index is 0.112. The Morgan fingerprint density at radius 2 is 1.72 bits per heavy atom. The summed E-state index contributed by atoms with van der Waals surface area (Å²) in [7, 11) is 2.99. The van der Waals surface area contributed by atoms with Crippen LogP contribution in [0.5, 0.6) is 11.8 Å². The molecule has 8 heteroatoms. The van der Waals surface area contributed by atoms with E-state index in [4.69, 9.17) is 4.74 Å². The van der Waals surface area contributed by atoms with Crippen LogP contribution < -0.4 is 16.0 Å². The highest BCUT2D eigenvalue weighted by Crippen LogP contribution is 2.27. The second kappa shape index (κ2) is 6.04. The highest BCUT2D eigenvalue weighted by Gasteiger charge is 2.22. The molecular weight excluding hydrogens is 324 g/mol. The van der Waals surface area contributed by atoms with Gasteiger partial charge in [0.2, 0.25) is 0 Å². The molecule has 0 spiro atoms. The monoisotopic (exact) mass is 342 g/mol. The van der Waals surface area contributed by atoms with Crippen LogP contribution in [0.2, 0.25) is 0 Å². The van der Waals surface area contributed by atoms with Crippen LogP contribution in [-0.4, -0.2) is 25.0 Å². The standard InChI is InChI=1S/C17H18N4O4/c1-10(2)21-13-14(19(3)17(24)20(4)15(13)23)18-16(21)25-12-7-5-11(9-22)6-8-12/h5-10H,1-4H3. The number of carbonyl (C=O) groups is 1. The third-order valence-corrected chi connectivity index (χ3v) is 4.00. The summed E-state index contributed by atoms with van der Waals surface area (Å²) in [4.78, 5) is 39.8. The first-order valence-corrected chi connectivity index (χ1v) is 7.76. The van der Waals surface area contributed by atoms with Gasteiger partial charge in [0.15, 0.2) is 11.2 Å². The number of carbonyl (C=O) groups excluding carboxylic acids is 1. The number of fused-ring (bicyclic) bond motifs is 1. The maximum Gasteiger partial charge on any atom is 0.332 e. The van der Waals surface area contributed by atoms with Crippen molar-refractivity contribution in [2.75, 3.05) is 0 Å². The first kappa shape index (κ1) is 16.7. The molecule has 2 aromatic heterocycles. The van der Waals surface area contributed by atoms with Crippen LogP contribution in [0.25, 0.3) is 11.2 Å². The molecule has 0 fully saturated rings. The minimum atomic E-state index is -0.451. The summed E-state index contributed by atoms with van der Waals surface area (Å²) in [5.41, 5.74) is 0.222. The fourth-order valence-corrected chi connectivity index (χ4v) is 2.67. The molecule has 130 valence electrons. The summed E-state index contributed by atoms with van der Waals surface area (Å²) in [6, 6.07) is 6.64. The summed E-state index contributed by atoms with van der Waals surface area (Å²) >= 11 is 0. The van der Waals surface area contributed by atoms with Gasteiger partial charge in [-0.3, -0.25) is 23.3 Å². The third-order valence-electron chi connectivity index (χ3n) is 4.00. The van der Waals surface area contributed by atoms with Crippen molar-refractivity contribution in [2.45, 2.75) is 19.9 Å². The first-order chi connectivity index (χ1) is 11.8. The van der Waals surface area contributed by atoms with Gasteiger partial charge in [0.25, 0.3) is 5.56 Å². The summed E-state index contributed by atoms with van der Waals surface area (Å²) < 4.78 is 9.84. The van der Waals surface area contributed by atoms with E-state index in [1.807, 2.05) is 13.8 Å². The molecule has 3 aromatic rings. The Hall–Kier alpha value is -3.16. The van der Waals surface area contributed by atoms with Crippen molar-refractivity contribution in [2.24, 2.45) is 14.1 Å². The zero-order valence-corrected chi connectivity index (χ0v) is 14.4. The highest BCUT2D eigenvalue weighted by molar-refractivity contribution is 5.75. The molecular formula is C17H18N4O4. The van der Waals surface area contributed by atoms with Crippen LogP contribution in [0.3, 0.4) is 0 Å². The molecule has 0 unspecified atom stereocenters. The van der Waals surface area contributed by atoms with Crippen LogP contribution in [0, 0.1) is 0 Å². The van der Waals surface area contributed by atoms with Crippen molar-refractivity contribution in [3.63, 3.8) is 0 Å². The maximum absolute atomic E-state index is 12.6. The molecule has 0 N–H and O–H groups in total. The van der Waals surface area contributed by atoms with Gasteiger partial charge in [0, 0.05) is 25.7 Å². The Morgan fingerprint density at radius 3 is 2.28 bits per heavy atom. The van der Waals surface area contributed by atoms with Crippen LogP contribution in [0.1, 0.15) is 30.2 Å². The number of imidazole rings is 1. The molecule has 0 aliphatic heterocycles. The van der Waals surface area contributed by atoms with E-state index in [9.17, 15) is 14.4 Å². The Kier molecular flexibility index (Phi) is 4.03. The van der Waals surface area contributed by atoms with E-state index in [1.165, 1.54) is 11.6 Å². The van der Waals surface area contributed by atoms with E-state index < -0.39 is 11.2 Å². The van der Waals surface area contributed by atoms with Gasteiger partial charge in [-0.25, -0.2) is 4.79 Å². The molecule has 0 bridgehead atoms. The number of hydrogen-bond acceptors (Lipinski definition) is 5. The molecule has 0 saturated heterocycles. The lowest BCUT2D eigenvalue weighted by Crippen LogP contribution is -2.37. The summed E-state index contributed by atoms with van der Waals surface area (Å²) in [5, 5.41) is 0. The summed E-state index contributed by atoms with van der Waals surface area (Å²) in [6.45, 7) is 3.79. The Balaban J connectivity index is 2.24. The first-order valence-electron chi connectivity index (χ1n) is 7.76. The Morgan fingerprint density at radius 1 is 1.08 bits per heavy atom. The maximum atomic E-state index is 12.6. The van der Waals surface area contributed by atoms with Crippen LogP contribution in [0.4, 0.5) is 0 Å². The zero-order chi connectivity index (χ0) is 18.3. The lowest BCUT2D eigenvalue weighted by atomic mass is 10.2. The third kappa shape index (κ3) is 2.65. The molecule has 0 aliphatic rings. The topological polar surface area (TPSA) is 88.1 Å². The van der Waals surface area contributed by atoms with Crippen molar-refractivity contribution in [1.82, 2.24) is 18.7 Å². The van der Waals surface area contributed by atoms with Gasteiger partial charge >= 0.3 is 11.7 Å². The number of benzene rings is 1. The molecule has 0 atom stereocenters. The molecule has 0 amide bonds. The number of rotatable bonds is 4. The van der Waals surface area contributed by atoms with Gasteiger partial charge in [-0.2, -0.15) is 4.98 Å². The van der Waals surface area contributed by atoms with Gasteiger partial charge in [-0.05, 0) is 38.1 Å². The predicted octanol–water partition coefficient (Wildman–Crippen LogP) is 1.62. The number of nitrogens with zero attached hydrogens (tertiary/aromatic N) is 4. The van der Waals surface area contributed by atoms with E-state index in [0.717, 1.165) is 10.9 Å². The van der Waals surface area contributed by atoms with Crippen molar-refractivity contribution in [3.05, 3.63) is 50.7 Å². The predicted molar refractivity (Wildman–Crippen MR) is 92.5 cm³/mol. The fourth-order valence-electron chi connectivity index (χ4n) is 2.67. The van der Waals surface area contributed by atoms with Crippen molar-refractivity contribution in [3.8, 4) is 11.8 Å². The zero-order valence-electron chi connectivity index (χ0n) is 14.4. The number of hydrogen-bond donors (Lipinski definition) is 0. The smallest absolute Gasteiger partial charge is 0.332 e. The van der Waals surface area contributed by atoms with E-state index in [0.29, 0.717) is 16.8 Å². The van der Waals surface area contributed by atoms with Crippen LogP contribution in [-0.2, 0) is 14.1 Å². The van der Waals surface area contributed by atoms with Gasteiger partial charge in [0.1, 0.15) is 12.0 Å². The lowest BCUT2D eigenvalue weighted by Gasteiger charge is -2.13. The number of aromatic nitrogens is 4. The van der Waals surface area contributed by atoms with Gasteiger partial charge in [0.05, 0.1) is 0 Å². The second-order valence-electron chi connectivity index (χ2n) is 6.03. The number of aldehydes is 1. The molecule has 0 aliphatic carbocycles. The van der Waals surface area contributed by atoms with E-state index in [1.54, 1.807) is 35.9 Å². The summed E-state index contributed by atoms with van der Waals surface area (Å²) in [5.74, 6) is 0.477. The van der Waals surface area contributed by atoms with Crippen LogP contribution in [0.15, 0.2) is 33.9 Å². The molecule has 1 aromatic carbocycles. The fraction of sp³-hybridized carbons (Fsp3) is 0.294. The molecule has 0 radical (unpaired) electrons.